The van der Waals surface area contributed by atoms with Gasteiger partial charge in [0.15, 0.2) is 5.78 Å². The van der Waals surface area contributed by atoms with Crippen molar-refractivity contribution in [3.05, 3.63) is 29.8 Å². The van der Waals surface area contributed by atoms with E-state index in [0.29, 0.717) is 12.0 Å². The molecule has 4 nitrogen and oxygen atoms in total. The normalized spacial score (nSPS) is 10.7. The highest BCUT2D eigenvalue weighted by Gasteiger charge is 2.05. The molecule has 0 aliphatic heterocycles. The number of hydrogen-bond acceptors (Lipinski definition) is 3. The zero-order valence-electron chi connectivity index (χ0n) is 16.4. The lowest BCUT2D eigenvalue weighted by Gasteiger charge is -2.06. The predicted octanol–water partition coefficient (Wildman–Crippen LogP) is 5.47. The summed E-state index contributed by atoms with van der Waals surface area (Å²) in [5.74, 6) is -0.0531. The van der Waals surface area contributed by atoms with Crippen molar-refractivity contribution in [1.82, 2.24) is 0 Å². The fourth-order valence-electron chi connectivity index (χ4n) is 3.03. The number of anilines is 1. The van der Waals surface area contributed by atoms with Crippen molar-refractivity contribution in [3.63, 3.8) is 0 Å². The molecule has 0 bridgehead atoms. The lowest BCUT2D eigenvalue weighted by molar-refractivity contribution is -0.116. The molecule has 0 saturated carbocycles. The summed E-state index contributed by atoms with van der Waals surface area (Å²) in [5, 5.41) is 2.88. The molecule has 0 aliphatic carbocycles. The third-order valence-electron chi connectivity index (χ3n) is 4.68. The van der Waals surface area contributed by atoms with Crippen molar-refractivity contribution in [2.24, 2.45) is 5.73 Å². The van der Waals surface area contributed by atoms with Gasteiger partial charge in [-0.2, -0.15) is 0 Å². The standard InChI is InChI=1S/C22H36N2O2/c1-2-3-4-5-6-7-8-9-10-11-12-13-22(26)24-20-16-14-19(15-17-20)21(25)18-23/h14-17H,2-13,18,23H2,1H3,(H,24,26). The number of nitrogens with one attached hydrogen (secondary N) is 1. The number of Topliss-reactive ketones (excluding diaryl/α,β-unsaturated/α-hetero) is 1. The molecule has 0 spiro atoms. The SMILES string of the molecule is CCCCCCCCCCCCCC(=O)Nc1ccc(C(=O)CN)cc1. The molecule has 0 fully saturated rings. The summed E-state index contributed by atoms with van der Waals surface area (Å²) in [6, 6.07) is 6.91. The Balaban J connectivity index is 2.02. The van der Waals surface area contributed by atoms with Crippen molar-refractivity contribution in [3.8, 4) is 0 Å². The van der Waals surface area contributed by atoms with Crippen LogP contribution >= 0.6 is 0 Å². The molecule has 0 heterocycles. The van der Waals surface area contributed by atoms with E-state index in [1.165, 1.54) is 57.8 Å². The molecule has 0 unspecified atom stereocenters. The van der Waals surface area contributed by atoms with Crippen LogP contribution in [0, 0.1) is 0 Å². The van der Waals surface area contributed by atoms with E-state index in [9.17, 15) is 9.59 Å². The quantitative estimate of drug-likeness (QED) is 0.322. The number of carbonyl (C=O) groups is 2. The minimum atomic E-state index is -0.0937. The minimum absolute atomic E-state index is 0.00453. The van der Waals surface area contributed by atoms with Crippen molar-refractivity contribution < 1.29 is 9.59 Å². The molecule has 26 heavy (non-hydrogen) atoms. The molecule has 1 rings (SSSR count). The Labute approximate surface area is 158 Å². The molecular weight excluding hydrogens is 324 g/mol. The average molecular weight is 361 g/mol. The number of nitrogens with two attached hydrogens (primary N) is 1. The summed E-state index contributed by atoms with van der Waals surface area (Å²) in [7, 11) is 0. The van der Waals surface area contributed by atoms with Gasteiger partial charge in [0.1, 0.15) is 0 Å². The van der Waals surface area contributed by atoms with Crippen LogP contribution in [0.5, 0.6) is 0 Å². The van der Waals surface area contributed by atoms with Gasteiger partial charge in [0.25, 0.3) is 0 Å². The molecule has 0 aliphatic rings. The highest BCUT2D eigenvalue weighted by molar-refractivity contribution is 5.98. The fraction of sp³-hybridized carbons (Fsp3) is 0.636. The zero-order valence-corrected chi connectivity index (χ0v) is 16.4. The summed E-state index contributed by atoms with van der Waals surface area (Å²) in [4.78, 5) is 23.4. The second-order valence-electron chi connectivity index (χ2n) is 7.04. The van der Waals surface area contributed by atoms with Gasteiger partial charge < -0.3 is 11.1 Å². The molecule has 0 aromatic heterocycles. The maximum atomic E-state index is 11.9. The summed E-state index contributed by atoms with van der Waals surface area (Å²) in [6.45, 7) is 2.26. The van der Waals surface area contributed by atoms with Gasteiger partial charge in [-0.1, -0.05) is 71.1 Å². The predicted molar refractivity (Wildman–Crippen MR) is 110 cm³/mol. The molecule has 0 atom stereocenters. The van der Waals surface area contributed by atoms with Gasteiger partial charge in [-0.05, 0) is 30.7 Å². The monoisotopic (exact) mass is 360 g/mol. The Morgan fingerprint density at radius 3 is 1.81 bits per heavy atom. The van der Waals surface area contributed by atoms with Gasteiger partial charge in [0.2, 0.25) is 5.91 Å². The number of rotatable bonds is 15. The van der Waals surface area contributed by atoms with Crippen molar-refractivity contribution in [2.45, 2.75) is 84.0 Å². The average Bonchev–Trinajstić information content (AvgIpc) is 2.66. The van der Waals surface area contributed by atoms with Crippen LogP contribution in [-0.4, -0.2) is 18.2 Å². The van der Waals surface area contributed by atoms with E-state index in [4.69, 9.17) is 5.73 Å². The van der Waals surface area contributed by atoms with Gasteiger partial charge >= 0.3 is 0 Å². The van der Waals surface area contributed by atoms with Crippen LogP contribution in [0.2, 0.25) is 0 Å². The van der Waals surface area contributed by atoms with Gasteiger partial charge in [-0.15, -0.1) is 0 Å². The summed E-state index contributed by atoms with van der Waals surface area (Å²) in [6.07, 6.45) is 14.6. The Bertz CT molecular complexity index is 511. The third-order valence-corrected chi connectivity index (χ3v) is 4.68. The van der Waals surface area contributed by atoms with Crippen molar-refractivity contribution in [1.29, 1.82) is 0 Å². The number of ketones is 1. The number of hydrogen-bond donors (Lipinski definition) is 2. The van der Waals surface area contributed by atoms with Gasteiger partial charge in [-0.25, -0.2) is 0 Å². The first-order chi connectivity index (χ1) is 12.7. The van der Waals surface area contributed by atoms with Crippen LogP contribution in [0.1, 0.15) is 94.3 Å². The van der Waals surface area contributed by atoms with E-state index in [0.717, 1.165) is 18.5 Å². The first-order valence-corrected chi connectivity index (χ1v) is 10.3. The summed E-state index contributed by atoms with van der Waals surface area (Å²) < 4.78 is 0. The Morgan fingerprint density at radius 1 is 0.808 bits per heavy atom. The molecule has 4 heteroatoms. The van der Waals surface area contributed by atoms with Crippen LogP contribution in [0.3, 0.4) is 0 Å². The largest absolute Gasteiger partial charge is 0.326 e. The number of benzene rings is 1. The molecule has 146 valence electrons. The van der Waals surface area contributed by atoms with E-state index in [1.54, 1.807) is 24.3 Å². The maximum Gasteiger partial charge on any atom is 0.224 e. The van der Waals surface area contributed by atoms with E-state index in [-0.39, 0.29) is 18.2 Å². The Hall–Kier alpha value is -1.68. The Morgan fingerprint density at radius 2 is 1.31 bits per heavy atom. The maximum absolute atomic E-state index is 11.9. The summed E-state index contributed by atoms with van der Waals surface area (Å²) >= 11 is 0. The molecule has 1 amide bonds. The summed E-state index contributed by atoms with van der Waals surface area (Å²) in [5.41, 5.74) is 6.64. The van der Waals surface area contributed by atoms with E-state index in [2.05, 4.69) is 12.2 Å². The highest BCUT2D eigenvalue weighted by atomic mass is 16.1. The van der Waals surface area contributed by atoms with Crippen LogP contribution in [-0.2, 0) is 4.79 Å². The van der Waals surface area contributed by atoms with Crippen LogP contribution in [0.15, 0.2) is 24.3 Å². The lowest BCUT2D eigenvalue weighted by atomic mass is 10.1. The fourth-order valence-corrected chi connectivity index (χ4v) is 3.03. The van der Waals surface area contributed by atoms with Gasteiger partial charge in [0.05, 0.1) is 6.54 Å². The van der Waals surface area contributed by atoms with E-state index < -0.39 is 0 Å². The minimum Gasteiger partial charge on any atom is -0.326 e. The number of amides is 1. The molecule has 1 aromatic rings. The van der Waals surface area contributed by atoms with E-state index in [1.807, 2.05) is 0 Å². The van der Waals surface area contributed by atoms with Crippen molar-refractivity contribution in [2.75, 3.05) is 11.9 Å². The Kier molecular flexibility index (Phi) is 12.5. The second-order valence-corrected chi connectivity index (χ2v) is 7.04. The zero-order chi connectivity index (χ0) is 19.0. The lowest BCUT2D eigenvalue weighted by Crippen LogP contribution is -2.14. The van der Waals surface area contributed by atoms with Crippen LogP contribution in [0.25, 0.3) is 0 Å². The van der Waals surface area contributed by atoms with E-state index >= 15 is 0 Å². The molecule has 0 saturated heterocycles. The molecule has 0 radical (unpaired) electrons. The number of unbranched alkanes of at least 4 members (excludes halogenated alkanes) is 10. The topological polar surface area (TPSA) is 72.2 Å². The molecular formula is C22H36N2O2. The smallest absolute Gasteiger partial charge is 0.224 e. The van der Waals surface area contributed by atoms with Crippen LogP contribution < -0.4 is 11.1 Å². The third kappa shape index (κ3) is 10.3. The van der Waals surface area contributed by atoms with Gasteiger partial charge in [0, 0.05) is 17.7 Å². The molecule has 3 N–H and O–H groups in total. The van der Waals surface area contributed by atoms with Crippen LogP contribution in [0.4, 0.5) is 5.69 Å². The first-order valence-electron chi connectivity index (χ1n) is 10.3. The van der Waals surface area contributed by atoms with Crippen molar-refractivity contribution >= 4 is 17.4 Å². The van der Waals surface area contributed by atoms with Gasteiger partial charge in [-0.3, -0.25) is 9.59 Å². The second kappa shape index (κ2) is 14.5. The highest BCUT2D eigenvalue weighted by Crippen LogP contribution is 2.13. The molecule has 1 aromatic carbocycles. The number of carbonyl (C=O) groups excluding carboxylic acids is 2. The first kappa shape index (κ1) is 22.4.